The molecule has 1 aromatic heterocycles. The van der Waals surface area contributed by atoms with E-state index in [0.29, 0.717) is 16.7 Å². The van der Waals surface area contributed by atoms with Gasteiger partial charge in [0.15, 0.2) is 0 Å². The number of para-hydroxylation sites is 1. The summed E-state index contributed by atoms with van der Waals surface area (Å²) in [5.74, 6) is 1.25. The van der Waals surface area contributed by atoms with Crippen LogP contribution in [0.5, 0.6) is 0 Å². The van der Waals surface area contributed by atoms with Crippen molar-refractivity contribution in [2.24, 2.45) is 0 Å². The minimum absolute atomic E-state index is 0.344. The molecule has 0 fully saturated rings. The average molecular weight is 485 g/mol. The lowest BCUT2D eigenvalue weighted by molar-refractivity contribution is 0.262. The first-order chi connectivity index (χ1) is 16.9. The Bertz CT molecular complexity index is 1400. The number of nitrogens with zero attached hydrogens (tertiary/aromatic N) is 2. The minimum atomic E-state index is -0.344. The molecular weight excluding hydrogens is 460 g/mol. The van der Waals surface area contributed by atoms with E-state index in [4.69, 9.17) is 11.6 Å². The Morgan fingerprint density at radius 1 is 0.914 bits per heavy atom. The zero-order valence-corrected chi connectivity index (χ0v) is 20.2. The molecule has 3 aromatic carbocycles. The Kier molecular flexibility index (Phi) is 6.25. The number of nitrogens with one attached hydrogen (secondary N) is 4. The van der Waals surface area contributed by atoms with Crippen molar-refractivity contribution in [2.75, 3.05) is 21.3 Å². The molecule has 0 spiro atoms. The van der Waals surface area contributed by atoms with Crippen LogP contribution in [0.25, 0.3) is 0 Å². The van der Waals surface area contributed by atoms with Crippen molar-refractivity contribution in [3.8, 4) is 0 Å². The molecule has 1 aliphatic rings. The number of amides is 2. The number of anilines is 6. The topological polar surface area (TPSA) is 91.0 Å². The van der Waals surface area contributed by atoms with Crippen LogP contribution in [-0.4, -0.2) is 16.0 Å². The van der Waals surface area contributed by atoms with Gasteiger partial charge in [-0.15, -0.1) is 0 Å². The van der Waals surface area contributed by atoms with Crippen LogP contribution < -0.4 is 21.3 Å². The first-order valence-corrected chi connectivity index (χ1v) is 11.7. The van der Waals surface area contributed by atoms with Crippen LogP contribution in [0.4, 0.5) is 39.3 Å². The van der Waals surface area contributed by atoms with Crippen LogP contribution in [0.1, 0.15) is 22.3 Å². The van der Waals surface area contributed by atoms with Crippen molar-refractivity contribution in [2.45, 2.75) is 26.7 Å². The number of carbonyl (C=O) groups excluding carboxylic acids is 1. The number of rotatable bonds is 2. The highest BCUT2D eigenvalue weighted by Gasteiger charge is 2.13. The number of aryl methyl sites for hydroxylation is 4. The van der Waals surface area contributed by atoms with E-state index >= 15 is 0 Å². The Morgan fingerprint density at radius 2 is 1.74 bits per heavy atom. The van der Waals surface area contributed by atoms with Gasteiger partial charge in [0.05, 0.1) is 10.7 Å². The zero-order chi connectivity index (χ0) is 24.4. The summed E-state index contributed by atoms with van der Waals surface area (Å²) in [6, 6.07) is 19.2. The molecule has 176 valence electrons. The highest BCUT2D eigenvalue weighted by atomic mass is 35.5. The van der Waals surface area contributed by atoms with Crippen molar-refractivity contribution in [3.05, 3.63) is 94.1 Å². The number of fused-ring (bicyclic) bond motifs is 6. The van der Waals surface area contributed by atoms with Gasteiger partial charge in [-0.2, -0.15) is 4.98 Å². The number of hydrogen-bond acceptors (Lipinski definition) is 5. The van der Waals surface area contributed by atoms with Gasteiger partial charge in [-0.1, -0.05) is 35.9 Å². The van der Waals surface area contributed by atoms with Gasteiger partial charge in [-0.25, -0.2) is 9.78 Å². The maximum atomic E-state index is 12.9. The predicted molar refractivity (Wildman–Crippen MR) is 142 cm³/mol. The molecule has 35 heavy (non-hydrogen) atoms. The SMILES string of the molecule is Cc1cnc2nc1Nc1ccc(NC(=O)Nc3c(C)cccc3Cl)c(c1)CCc1cccc(c1)N2. The molecule has 2 heterocycles. The summed E-state index contributed by atoms with van der Waals surface area (Å²) in [6.45, 7) is 3.87. The third-order valence-corrected chi connectivity index (χ3v) is 6.23. The van der Waals surface area contributed by atoms with E-state index in [1.165, 1.54) is 5.56 Å². The fourth-order valence-corrected chi connectivity index (χ4v) is 4.30. The van der Waals surface area contributed by atoms with E-state index in [9.17, 15) is 4.79 Å². The summed E-state index contributed by atoms with van der Waals surface area (Å²) >= 11 is 6.29. The van der Waals surface area contributed by atoms with Gasteiger partial charge in [-0.3, -0.25) is 0 Å². The molecule has 1 aliphatic heterocycles. The molecule has 0 unspecified atom stereocenters. The van der Waals surface area contributed by atoms with Crippen molar-refractivity contribution < 1.29 is 4.79 Å². The van der Waals surface area contributed by atoms with E-state index in [1.54, 1.807) is 12.3 Å². The molecular formula is C27H25ClN6O. The average Bonchev–Trinajstić information content (AvgIpc) is 2.84. The molecule has 5 rings (SSSR count). The summed E-state index contributed by atoms with van der Waals surface area (Å²) in [7, 11) is 0. The third kappa shape index (κ3) is 5.20. The van der Waals surface area contributed by atoms with Crippen molar-refractivity contribution in [3.63, 3.8) is 0 Å². The summed E-state index contributed by atoms with van der Waals surface area (Å²) < 4.78 is 0. The van der Waals surface area contributed by atoms with Gasteiger partial charge in [0.1, 0.15) is 5.82 Å². The molecule has 2 amide bonds. The van der Waals surface area contributed by atoms with Gasteiger partial charge >= 0.3 is 6.03 Å². The Labute approximate surface area is 209 Å². The quantitative estimate of drug-likeness (QED) is 0.246. The van der Waals surface area contributed by atoms with Crippen LogP contribution in [0.2, 0.25) is 5.02 Å². The second-order valence-corrected chi connectivity index (χ2v) is 8.97. The lowest BCUT2D eigenvalue weighted by Gasteiger charge is -2.16. The third-order valence-electron chi connectivity index (χ3n) is 5.91. The molecule has 8 heteroatoms. The predicted octanol–water partition coefficient (Wildman–Crippen LogP) is 6.98. The molecule has 7 nitrogen and oxygen atoms in total. The van der Waals surface area contributed by atoms with E-state index in [0.717, 1.165) is 52.4 Å². The standard InChI is InChI=1S/C27H25ClN6O/c1-16-5-3-8-22(28)24(16)33-27(35)32-23-12-11-21-14-19(23)10-9-18-6-4-7-20(13-18)31-26-29-15-17(2)25(30-21)34-26/h3-8,11-15H,9-10H2,1-2H3,(H2,32,33,35)(H2,29,30,31,34). The lowest BCUT2D eigenvalue weighted by Crippen LogP contribution is -2.21. The van der Waals surface area contributed by atoms with E-state index in [1.807, 2.05) is 56.3 Å². The highest BCUT2D eigenvalue weighted by Crippen LogP contribution is 2.29. The monoisotopic (exact) mass is 484 g/mol. The largest absolute Gasteiger partial charge is 0.340 e. The molecule has 4 N–H and O–H groups in total. The van der Waals surface area contributed by atoms with Gasteiger partial charge in [0.2, 0.25) is 5.95 Å². The molecule has 4 aromatic rings. The van der Waals surface area contributed by atoms with Gasteiger partial charge < -0.3 is 21.3 Å². The maximum absolute atomic E-state index is 12.9. The molecule has 0 saturated heterocycles. The fourth-order valence-electron chi connectivity index (χ4n) is 4.04. The molecule has 0 aliphatic carbocycles. The number of benzene rings is 3. The molecule has 0 saturated carbocycles. The number of carbonyl (C=O) groups is 1. The number of aromatic nitrogens is 2. The fraction of sp³-hybridized carbons (Fsp3) is 0.148. The summed E-state index contributed by atoms with van der Waals surface area (Å²) in [5.41, 5.74) is 7.14. The lowest BCUT2D eigenvalue weighted by atomic mass is 10.0. The summed E-state index contributed by atoms with van der Waals surface area (Å²) in [6.07, 6.45) is 3.33. The second kappa shape index (κ2) is 9.64. The number of hydrogen-bond donors (Lipinski definition) is 4. The van der Waals surface area contributed by atoms with Crippen molar-refractivity contribution >= 4 is 52.1 Å². The smallest absolute Gasteiger partial charge is 0.323 e. The van der Waals surface area contributed by atoms with Gasteiger partial charge in [-0.05, 0) is 79.8 Å². The normalized spacial score (nSPS) is 12.2. The Balaban J connectivity index is 1.47. The van der Waals surface area contributed by atoms with Crippen LogP contribution in [-0.2, 0) is 12.8 Å². The second-order valence-electron chi connectivity index (χ2n) is 8.56. The zero-order valence-electron chi connectivity index (χ0n) is 19.4. The molecule has 0 radical (unpaired) electrons. The molecule has 6 bridgehead atoms. The van der Waals surface area contributed by atoms with Gasteiger partial charge in [0.25, 0.3) is 0 Å². The van der Waals surface area contributed by atoms with Gasteiger partial charge in [0, 0.05) is 28.8 Å². The molecule has 0 atom stereocenters. The maximum Gasteiger partial charge on any atom is 0.323 e. The Hall–Kier alpha value is -4.10. The Morgan fingerprint density at radius 3 is 2.60 bits per heavy atom. The summed E-state index contributed by atoms with van der Waals surface area (Å²) in [4.78, 5) is 21.9. The number of halogens is 1. The van der Waals surface area contributed by atoms with Crippen LogP contribution in [0.15, 0.2) is 66.9 Å². The minimum Gasteiger partial charge on any atom is -0.340 e. The van der Waals surface area contributed by atoms with E-state index in [-0.39, 0.29) is 6.03 Å². The first-order valence-electron chi connectivity index (χ1n) is 11.4. The van der Waals surface area contributed by atoms with E-state index in [2.05, 4.69) is 43.4 Å². The van der Waals surface area contributed by atoms with E-state index < -0.39 is 0 Å². The van der Waals surface area contributed by atoms with Crippen molar-refractivity contribution in [1.29, 1.82) is 0 Å². The number of urea groups is 1. The van der Waals surface area contributed by atoms with Crippen LogP contribution >= 0.6 is 11.6 Å². The highest BCUT2D eigenvalue weighted by molar-refractivity contribution is 6.34. The van der Waals surface area contributed by atoms with Crippen molar-refractivity contribution in [1.82, 2.24) is 9.97 Å². The van der Waals surface area contributed by atoms with Crippen LogP contribution in [0.3, 0.4) is 0 Å². The van der Waals surface area contributed by atoms with Crippen LogP contribution in [0, 0.1) is 13.8 Å². The first kappa shape index (κ1) is 22.7. The summed E-state index contributed by atoms with van der Waals surface area (Å²) in [5, 5.41) is 13.1.